The number of rotatable bonds is 0. The van der Waals surface area contributed by atoms with E-state index in [9.17, 15) is 0 Å². The molecule has 0 atom stereocenters. The van der Waals surface area contributed by atoms with Crippen LogP contribution in [-0.4, -0.2) is 66.6 Å². The van der Waals surface area contributed by atoms with Gasteiger partial charge in [0.1, 0.15) is 0 Å². The highest BCUT2D eigenvalue weighted by Crippen LogP contribution is 2.39. The molecule has 0 bridgehead atoms. The second-order valence-corrected chi connectivity index (χ2v) is 34.2. The third-order valence-electron chi connectivity index (χ3n) is 13.5. The Kier molecular flexibility index (Phi) is 23.3. The van der Waals surface area contributed by atoms with E-state index < -0.39 is 0 Å². The van der Waals surface area contributed by atoms with Gasteiger partial charge in [0.05, 0.1) is 48.1 Å². The van der Waals surface area contributed by atoms with E-state index >= 15 is 0 Å². The summed E-state index contributed by atoms with van der Waals surface area (Å²) in [6.45, 7) is 82.4. The van der Waals surface area contributed by atoms with E-state index in [0.717, 1.165) is 25.3 Å². The quantitative estimate of drug-likeness (QED) is 0.225. The van der Waals surface area contributed by atoms with Gasteiger partial charge >= 0.3 is 0 Å². The lowest BCUT2D eigenvalue weighted by molar-refractivity contribution is 0.322. The zero-order chi connectivity index (χ0) is 61.7. The van der Waals surface area contributed by atoms with Gasteiger partial charge in [-0.05, 0) is 135 Å². The van der Waals surface area contributed by atoms with Crippen molar-refractivity contribution in [2.45, 2.75) is 282 Å². The van der Waals surface area contributed by atoms with Gasteiger partial charge in [0.15, 0.2) is 0 Å². The molecule has 0 amide bonds. The molecule has 0 radical (unpaired) electrons. The van der Waals surface area contributed by atoms with Crippen LogP contribution < -0.4 is 0 Å². The second kappa shape index (κ2) is 25.3. The molecule has 0 N–H and O–H groups in total. The van der Waals surface area contributed by atoms with Crippen molar-refractivity contribution in [1.29, 1.82) is 0 Å². The molecule has 9 nitrogen and oxygen atoms in total. The molecule has 0 unspecified atom stereocenters. The Balaban J connectivity index is 0.000000468. The molecule has 6 rings (SSSR count). The molecule has 0 spiro atoms. The monoisotopic (exact) mass is 1080 g/mol. The van der Waals surface area contributed by atoms with E-state index in [0.29, 0.717) is 0 Å². The fraction of sp³-hybridized carbons (Fsp3) is 0.739. The maximum atomic E-state index is 4.58. The highest BCUT2D eigenvalue weighted by Gasteiger charge is 2.33. The number of aliphatic imine (C=N–C) groups is 3. The van der Waals surface area contributed by atoms with Crippen LogP contribution in [0.5, 0.6) is 0 Å². The topological polar surface area (TPSA) is 90.5 Å². The first-order valence-corrected chi connectivity index (χ1v) is 29.2. The summed E-state index contributed by atoms with van der Waals surface area (Å²) in [6, 6.07) is 4.20. The molecule has 0 aromatic carbocycles. The Labute approximate surface area is 482 Å². The van der Waals surface area contributed by atoms with Crippen molar-refractivity contribution in [3.8, 4) is 0 Å². The summed E-state index contributed by atoms with van der Waals surface area (Å²) < 4.78 is 6.15. The SMILES string of the molecule is CC(C)(C)C1=C(C(C)(C)C)CN=C1.CC(C)(C)C1=CC(C(C)(C)C)=NC1.CC(C)(C)C1=CCN=C1C(C)(C)C.CC(C)(C)c1ccn(C(C)(C)C)n1.CC(C)(C)c1ccnn1C(C)(C)C.CC(C)(C)c1cnn(C(C)(C)C)c1. The zero-order valence-corrected chi connectivity index (χ0v) is 57.8. The average Bonchev–Trinajstić information content (AvgIpc) is 4.06. The minimum atomic E-state index is 0.0755. The molecule has 3 aromatic rings. The van der Waals surface area contributed by atoms with Crippen LogP contribution in [0.25, 0.3) is 0 Å². The van der Waals surface area contributed by atoms with Crippen LogP contribution in [-0.2, 0) is 32.9 Å². The molecule has 0 fully saturated rings. The van der Waals surface area contributed by atoms with Crippen LogP contribution >= 0.6 is 0 Å². The normalized spacial score (nSPS) is 16.0. The van der Waals surface area contributed by atoms with Crippen molar-refractivity contribution < 1.29 is 0 Å². The van der Waals surface area contributed by atoms with Gasteiger partial charge in [-0.1, -0.05) is 193 Å². The third-order valence-corrected chi connectivity index (χ3v) is 13.5. The lowest BCUT2D eigenvalue weighted by atomic mass is 9.76. The molecule has 444 valence electrons. The lowest BCUT2D eigenvalue weighted by Crippen LogP contribution is -2.29. The molecule has 0 aliphatic carbocycles. The van der Waals surface area contributed by atoms with Crippen LogP contribution in [0.3, 0.4) is 0 Å². The first kappa shape index (κ1) is 71.9. The Hall–Kier alpha value is -4.14. The largest absolute Gasteiger partial charge is 0.288 e. The van der Waals surface area contributed by atoms with Crippen molar-refractivity contribution in [2.24, 2.45) is 47.5 Å². The Morgan fingerprint density at radius 2 is 0.974 bits per heavy atom. The van der Waals surface area contributed by atoms with E-state index in [1.54, 1.807) is 0 Å². The van der Waals surface area contributed by atoms with Gasteiger partial charge in [0.25, 0.3) is 0 Å². The Bertz CT molecular complexity index is 2380. The zero-order valence-electron chi connectivity index (χ0n) is 57.8. The van der Waals surface area contributed by atoms with Gasteiger partial charge < -0.3 is 0 Å². The molecule has 78 heavy (non-hydrogen) atoms. The number of allylic oxidation sites excluding steroid dienone is 3. The van der Waals surface area contributed by atoms with Gasteiger partial charge in [-0.3, -0.25) is 29.0 Å². The summed E-state index contributed by atoms with van der Waals surface area (Å²) in [7, 11) is 0. The molecule has 0 saturated heterocycles. The van der Waals surface area contributed by atoms with Crippen molar-refractivity contribution in [3.63, 3.8) is 0 Å². The molecular weight excluding hydrogens is 955 g/mol. The molecule has 9 heteroatoms. The Morgan fingerprint density at radius 3 is 1.24 bits per heavy atom. The summed E-state index contributed by atoms with van der Waals surface area (Å²) in [5, 5.41) is 13.3. The van der Waals surface area contributed by atoms with Crippen LogP contribution in [0.4, 0.5) is 0 Å². The number of aromatic nitrogens is 6. The van der Waals surface area contributed by atoms with Crippen molar-refractivity contribution in [2.75, 3.05) is 19.6 Å². The highest BCUT2D eigenvalue weighted by atomic mass is 15.3. The average molecular weight is 1080 g/mol. The van der Waals surface area contributed by atoms with Gasteiger partial charge in [-0.25, -0.2) is 0 Å². The van der Waals surface area contributed by atoms with Crippen LogP contribution in [0.1, 0.15) is 266 Å². The summed E-state index contributed by atoms with van der Waals surface area (Å²) >= 11 is 0. The fourth-order valence-electron chi connectivity index (χ4n) is 8.31. The summed E-state index contributed by atoms with van der Waals surface area (Å²) in [5.74, 6) is 0. The smallest absolute Gasteiger partial charge is 0.0678 e. The summed E-state index contributed by atoms with van der Waals surface area (Å²) in [6.07, 6.45) is 14.6. The minimum absolute atomic E-state index is 0.0755. The van der Waals surface area contributed by atoms with E-state index in [2.05, 4.69) is 327 Å². The maximum Gasteiger partial charge on any atom is 0.0678 e. The number of nitrogens with zero attached hydrogens (tertiary/aromatic N) is 9. The van der Waals surface area contributed by atoms with Crippen molar-refractivity contribution >= 4 is 17.6 Å². The summed E-state index contributed by atoms with van der Waals surface area (Å²) in [4.78, 5) is 13.5. The lowest BCUT2D eigenvalue weighted by Gasteiger charge is -2.29. The van der Waals surface area contributed by atoms with E-state index in [-0.39, 0.29) is 65.4 Å². The minimum Gasteiger partial charge on any atom is -0.288 e. The molecule has 6 heterocycles. The molecule has 0 saturated carbocycles. The summed E-state index contributed by atoms with van der Waals surface area (Å²) in [5.41, 5.74) is 14.3. The predicted octanol–water partition coefficient (Wildman–Crippen LogP) is 19.2. The fourth-order valence-corrected chi connectivity index (χ4v) is 8.31. The van der Waals surface area contributed by atoms with E-state index in [1.807, 2.05) is 21.8 Å². The standard InChI is InChI=1S/3C12H21N.3C11H20N2/c1-11(2,3)9-7-13-8-10(9)12(4,5)6;1-11(2,3)9-7-10(13-8-9)12(4,5)6;1-11(2,3)9-7-8-13-10(9)12(4,5)6;1-10(2,3)9-7-12-13(8-9)11(4,5)6;1-10(2,3)9-7-8-13(12-9)11(4,5)6;1-10(2,3)9-7-8-12-13(9)11(4,5)6/h3*7H,8H2,1-6H3;3*7-8H,1-6H3. The van der Waals surface area contributed by atoms with Crippen LogP contribution in [0.15, 0.2) is 86.3 Å². The van der Waals surface area contributed by atoms with Gasteiger partial charge in [-0.15, -0.1) is 0 Å². The van der Waals surface area contributed by atoms with E-state index in [1.165, 1.54) is 45.0 Å². The highest BCUT2D eigenvalue weighted by molar-refractivity contribution is 6.06. The third kappa shape index (κ3) is 23.1. The van der Waals surface area contributed by atoms with Crippen LogP contribution in [0.2, 0.25) is 0 Å². The van der Waals surface area contributed by atoms with Crippen LogP contribution in [0, 0.1) is 32.5 Å². The van der Waals surface area contributed by atoms with Crippen molar-refractivity contribution in [1.82, 2.24) is 29.3 Å². The second-order valence-electron chi connectivity index (χ2n) is 34.2. The number of hydrogen-bond donors (Lipinski definition) is 0. The molecule has 3 aliphatic heterocycles. The maximum absolute atomic E-state index is 4.58. The first-order chi connectivity index (χ1) is 34.3. The predicted molar refractivity (Wildman–Crippen MR) is 346 cm³/mol. The number of hydrogen-bond acceptors (Lipinski definition) is 6. The Morgan fingerprint density at radius 1 is 0.449 bits per heavy atom. The molecular formula is C69H123N9. The van der Waals surface area contributed by atoms with E-state index in [4.69, 9.17) is 0 Å². The molecule has 3 aromatic heterocycles. The van der Waals surface area contributed by atoms with Crippen molar-refractivity contribution in [3.05, 3.63) is 88.3 Å². The van der Waals surface area contributed by atoms with Gasteiger partial charge in [0, 0.05) is 63.6 Å². The van der Waals surface area contributed by atoms with Gasteiger partial charge in [-0.2, -0.15) is 15.3 Å². The van der Waals surface area contributed by atoms with Gasteiger partial charge in [0.2, 0.25) is 0 Å². The molecule has 3 aliphatic rings. The first-order valence-electron chi connectivity index (χ1n) is 29.2.